The normalized spacial score (nSPS) is 11.9. The minimum Gasteiger partial charge on any atom is -0.480 e. The number of carbonyl (C=O) groups excluding carboxylic acids is 1. The quantitative estimate of drug-likeness (QED) is 0.715. The lowest BCUT2D eigenvalue weighted by Gasteiger charge is -2.11. The minimum atomic E-state index is -1.28. The van der Waals surface area contributed by atoms with Crippen LogP contribution in [0.1, 0.15) is 5.56 Å². The first-order valence-electron chi connectivity index (χ1n) is 4.90. The summed E-state index contributed by atoms with van der Waals surface area (Å²) in [6.07, 6.45) is 0.0182. The van der Waals surface area contributed by atoms with Gasteiger partial charge in [-0.05, 0) is 17.7 Å². The van der Waals surface area contributed by atoms with E-state index in [1.54, 1.807) is 24.3 Å². The molecule has 0 aliphatic heterocycles. The molecule has 0 fully saturated rings. The zero-order valence-corrected chi connectivity index (χ0v) is 9.65. The Morgan fingerprint density at radius 1 is 1.41 bits per heavy atom. The fourth-order valence-electron chi connectivity index (χ4n) is 1.26. The van der Waals surface area contributed by atoms with Crippen LogP contribution in [0.3, 0.4) is 0 Å². The van der Waals surface area contributed by atoms with Crippen LogP contribution in [0.25, 0.3) is 0 Å². The second kappa shape index (κ2) is 6.22. The highest BCUT2D eigenvalue weighted by Gasteiger charge is 2.18. The summed E-state index contributed by atoms with van der Waals surface area (Å²) in [5.74, 6) is -1.75. The molecule has 0 heterocycles. The van der Waals surface area contributed by atoms with Crippen LogP contribution in [0.15, 0.2) is 24.3 Å². The molecule has 0 aliphatic rings. The summed E-state index contributed by atoms with van der Waals surface area (Å²) in [6.45, 7) is -0.642. The lowest BCUT2D eigenvalue weighted by molar-refractivity contribution is -0.142. The molecule has 0 saturated heterocycles. The number of hydrogen-bond acceptors (Lipinski definition) is 3. The number of hydrogen-bond donors (Lipinski definition) is 3. The highest BCUT2D eigenvalue weighted by atomic mass is 35.5. The maximum absolute atomic E-state index is 11.5. The van der Waals surface area contributed by atoms with Gasteiger partial charge in [-0.25, -0.2) is 4.79 Å². The Kier molecular flexibility index (Phi) is 4.93. The standard InChI is InChI=1S/C11H12ClNO4/c12-8-3-1-2-7(4-8)5-10(15)13-9(6-14)11(16)17/h1-4,9,14H,5-6H2,(H,13,15)(H,16,17)/t9-/m0/s1. The fourth-order valence-corrected chi connectivity index (χ4v) is 1.48. The largest absolute Gasteiger partial charge is 0.480 e. The van der Waals surface area contributed by atoms with E-state index in [0.29, 0.717) is 10.6 Å². The molecular formula is C11H12ClNO4. The first-order chi connectivity index (χ1) is 8.02. The summed E-state index contributed by atoms with van der Waals surface area (Å²) >= 11 is 5.75. The Bertz CT molecular complexity index is 422. The zero-order valence-electron chi connectivity index (χ0n) is 8.89. The lowest BCUT2D eigenvalue weighted by Crippen LogP contribution is -2.43. The maximum Gasteiger partial charge on any atom is 0.328 e. The molecular weight excluding hydrogens is 246 g/mol. The second-order valence-electron chi connectivity index (χ2n) is 3.45. The third-order valence-corrected chi connectivity index (χ3v) is 2.30. The molecule has 1 amide bonds. The Labute approximate surface area is 103 Å². The highest BCUT2D eigenvalue weighted by Crippen LogP contribution is 2.10. The number of carbonyl (C=O) groups is 2. The first-order valence-corrected chi connectivity index (χ1v) is 5.28. The van der Waals surface area contributed by atoms with Gasteiger partial charge in [0.25, 0.3) is 0 Å². The number of nitrogens with one attached hydrogen (secondary N) is 1. The third-order valence-electron chi connectivity index (χ3n) is 2.07. The molecule has 0 radical (unpaired) electrons. The number of amides is 1. The second-order valence-corrected chi connectivity index (χ2v) is 3.88. The molecule has 6 heteroatoms. The number of aliphatic carboxylic acids is 1. The van der Waals surface area contributed by atoms with Gasteiger partial charge in [0.2, 0.25) is 5.91 Å². The van der Waals surface area contributed by atoms with Crippen LogP contribution in [0.5, 0.6) is 0 Å². The SMILES string of the molecule is O=C(Cc1cccc(Cl)c1)N[C@@H](CO)C(=O)O. The molecule has 0 aliphatic carbocycles. The van der Waals surface area contributed by atoms with E-state index in [1.807, 2.05) is 0 Å². The molecule has 0 spiro atoms. The van der Waals surface area contributed by atoms with Gasteiger partial charge < -0.3 is 15.5 Å². The van der Waals surface area contributed by atoms with Crippen LogP contribution < -0.4 is 5.32 Å². The molecule has 0 bridgehead atoms. The van der Waals surface area contributed by atoms with E-state index in [1.165, 1.54) is 0 Å². The van der Waals surface area contributed by atoms with Gasteiger partial charge in [0.05, 0.1) is 13.0 Å². The van der Waals surface area contributed by atoms with Gasteiger partial charge in [0, 0.05) is 5.02 Å². The van der Waals surface area contributed by atoms with Gasteiger partial charge in [0.15, 0.2) is 0 Å². The van der Waals surface area contributed by atoms with Crippen molar-refractivity contribution >= 4 is 23.5 Å². The van der Waals surface area contributed by atoms with Crippen molar-refractivity contribution in [2.24, 2.45) is 0 Å². The predicted molar refractivity (Wildman–Crippen MR) is 61.8 cm³/mol. The van der Waals surface area contributed by atoms with E-state index in [0.717, 1.165) is 0 Å². The summed E-state index contributed by atoms with van der Waals surface area (Å²) in [4.78, 5) is 22.0. The Morgan fingerprint density at radius 3 is 2.65 bits per heavy atom. The predicted octanol–water partition coefficient (Wildman–Crippen LogP) is 0.444. The van der Waals surface area contributed by atoms with Crippen LogP contribution in [0, 0.1) is 0 Å². The van der Waals surface area contributed by atoms with E-state index in [2.05, 4.69) is 5.32 Å². The van der Waals surface area contributed by atoms with Crippen molar-refractivity contribution in [3.63, 3.8) is 0 Å². The van der Waals surface area contributed by atoms with E-state index in [-0.39, 0.29) is 6.42 Å². The lowest BCUT2D eigenvalue weighted by atomic mass is 10.1. The summed E-state index contributed by atoms with van der Waals surface area (Å²) in [7, 11) is 0. The summed E-state index contributed by atoms with van der Waals surface area (Å²) in [6, 6.07) is 5.43. The van der Waals surface area contributed by atoms with Crippen molar-refractivity contribution in [2.45, 2.75) is 12.5 Å². The average molecular weight is 258 g/mol. The molecule has 1 aromatic carbocycles. The average Bonchev–Trinajstić information content (AvgIpc) is 2.25. The Hall–Kier alpha value is -1.59. The van der Waals surface area contributed by atoms with E-state index in [4.69, 9.17) is 21.8 Å². The van der Waals surface area contributed by atoms with Crippen LogP contribution in [-0.4, -0.2) is 34.7 Å². The summed E-state index contributed by atoms with van der Waals surface area (Å²) in [5, 5.41) is 20.1. The van der Waals surface area contributed by atoms with Crippen LogP contribution in [0.2, 0.25) is 5.02 Å². The topological polar surface area (TPSA) is 86.6 Å². The molecule has 1 aromatic rings. The molecule has 1 rings (SSSR count). The summed E-state index contributed by atoms with van der Waals surface area (Å²) in [5.41, 5.74) is 0.678. The number of rotatable bonds is 5. The smallest absolute Gasteiger partial charge is 0.328 e. The summed E-state index contributed by atoms with van der Waals surface area (Å²) < 4.78 is 0. The van der Waals surface area contributed by atoms with Gasteiger partial charge in [-0.2, -0.15) is 0 Å². The molecule has 17 heavy (non-hydrogen) atoms. The van der Waals surface area contributed by atoms with Crippen molar-refractivity contribution in [3.05, 3.63) is 34.9 Å². The Balaban J connectivity index is 2.58. The molecule has 0 saturated carbocycles. The van der Waals surface area contributed by atoms with Crippen molar-refractivity contribution < 1.29 is 19.8 Å². The van der Waals surface area contributed by atoms with Gasteiger partial charge in [-0.15, -0.1) is 0 Å². The van der Waals surface area contributed by atoms with Crippen molar-refractivity contribution in [3.8, 4) is 0 Å². The van der Waals surface area contributed by atoms with E-state index < -0.39 is 24.5 Å². The molecule has 1 atom stereocenters. The maximum atomic E-state index is 11.5. The van der Waals surface area contributed by atoms with Crippen LogP contribution >= 0.6 is 11.6 Å². The highest BCUT2D eigenvalue weighted by molar-refractivity contribution is 6.30. The Morgan fingerprint density at radius 2 is 2.12 bits per heavy atom. The monoisotopic (exact) mass is 257 g/mol. The number of aliphatic hydroxyl groups excluding tert-OH is 1. The minimum absolute atomic E-state index is 0.0182. The van der Waals surface area contributed by atoms with Gasteiger partial charge in [0.1, 0.15) is 6.04 Å². The zero-order chi connectivity index (χ0) is 12.8. The molecule has 3 N–H and O–H groups in total. The van der Waals surface area contributed by atoms with Gasteiger partial charge in [-0.1, -0.05) is 23.7 Å². The number of halogens is 1. The van der Waals surface area contributed by atoms with Crippen molar-refractivity contribution in [1.29, 1.82) is 0 Å². The molecule has 0 unspecified atom stereocenters. The van der Waals surface area contributed by atoms with Crippen LogP contribution in [0.4, 0.5) is 0 Å². The van der Waals surface area contributed by atoms with Crippen molar-refractivity contribution in [1.82, 2.24) is 5.32 Å². The van der Waals surface area contributed by atoms with Gasteiger partial charge in [-0.3, -0.25) is 4.79 Å². The number of carboxylic acids is 1. The molecule has 5 nitrogen and oxygen atoms in total. The first kappa shape index (κ1) is 13.5. The number of aliphatic hydroxyl groups is 1. The molecule has 0 aromatic heterocycles. The third kappa shape index (κ3) is 4.42. The number of carboxylic acid groups (broad SMARTS) is 1. The van der Waals surface area contributed by atoms with Gasteiger partial charge >= 0.3 is 5.97 Å². The van der Waals surface area contributed by atoms with E-state index in [9.17, 15) is 9.59 Å². The number of benzene rings is 1. The molecule has 92 valence electrons. The van der Waals surface area contributed by atoms with E-state index >= 15 is 0 Å². The fraction of sp³-hybridized carbons (Fsp3) is 0.273. The van der Waals surface area contributed by atoms with Crippen LogP contribution in [-0.2, 0) is 16.0 Å². The van der Waals surface area contributed by atoms with Crippen molar-refractivity contribution in [2.75, 3.05) is 6.61 Å².